The number of nitrogens with zero attached hydrogens (tertiary/aromatic N) is 1. The Labute approximate surface area is 342 Å². The van der Waals surface area contributed by atoms with Gasteiger partial charge in [-0.2, -0.15) is 0 Å². The number of primary amides is 1. The summed E-state index contributed by atoms with van der Waals surface area (Å²) in [4.78, 5) is 43.3. The second kappa shape index (κ2) is 17.3. The quantitative estimate of drug-likeness (QED) is 0.0567. The smallest absolute Gasteiger partial charge is 0.312 e. The molecule has 14 heteroatoms. The Bertz CT molecular complexity index is 1830. The first-order chi connectivity index (χ1) is 27.0. The molecule has 1 aliphatic carbocycles. The van der Waals surface area contributed by atoms with Gasteiger partial charge < -0.3 is 50.6 Å². The zero-order valence-corrected chi connectivity index (χ0v) is 35.6. The van der Waals surface area contributed by atoms with Crippen molar-refractivity contribution in [3.8, 4) is 0 Å². The van der Waals surface area contributed by atoms with Gasteiger partial charge in [-0.05, 0) is 45.3 Å². The summed E-state index contributed by atoms with van der Waals surface area (Å²) >= 11 is 0. The molecule has 1 amide bonds. The van der Waals surface area contributed by atoms with Crippen LogP contribution in [0.2, 0.25) is 0 Å². The molecule has 0 aromatic heterocycles. The van der Waals surface area contributed by atoms with Crippen LogP contribution in [-0.2, 0) is 33.3 Å². The number of ketones is 1. The Morgan fingerprint density at radius 2 is 1.67 bits per heavy atom. The van der Waals surface area contributed by atoms with Gasteiger partial charge in [0.15, 0.2) is 0 Å². The van der Waals surface area contributed by atoms with Gasteiger partial charge in [0, 0.05) is 87.1 Å². The largest absolute Gasteiger partial charge is 0.462 e. The van der Waals surface area contributed by atoms with Gasteiger partial charge in [0.2, 0.25) is 5.91 Å². The summed E-state index contributed by atoms with van der Waals surface area (Å²) in [5.41, 5.74) is 6.36. The molecule has 58 heavy (non-hydrogen) atoms. The first kappa shape index (κ1) is 45.0. The predicted octanol–water partition coefficient (Wildman–Crippen LogP) is 3.93. The van der Waals surface area contributed by atoms with E-state index in [4.69, 9.17) is 29.7 Å². The second-order valence-corrected chi connectivity index (χ2v) is 17.5. The maximum atomic E-state index is 14.4. The predicted molar refractivity (Wildman–Crippen MR) is 218 cm³/mol. The topological polar surface area (TPSA) is 211 Å². The van der Waals surface area contributed by atoms with E-state index in [1.165, 1.54) is 27.2 Å². The molecular weight excluding hydrogens is 745 g/mol. The second-order valence-electron chi connectivity index (χ2n) is 17.5. The van der Waals surface area contributed by atoms with Crippen LogP contribution in [0.25, 0.3) is 0 Å². The van der Waals surface area contributed by atoms with Gasteiger partial charge in [0.25, 0.3) is 5.78 Å². The molecule has 0 aromatic rings. The first-order valence-electron chi connectivity index (χ1n) is 20.3. The molecule has 3 unspecified atom stereocenters. The van der Waals surface area contributed by atoms with E-state index in [2.05, 4.69) is 17.2 Å². The molecule has 12 atom stereocenters. The van der Waals surface area contributed by atoms with Crippen molar-refractivity contribution in [2.24, 2.45) is 34.4 Å². The number of amides is 1. The minimum absolute atomic E-state index is 0.142. The Balaban J connectivity index is 1.34. The minimum Gasteiger partial charge on any atom is -0.462 e. The van der Waals surface area contributed by atoms with Gasteiger partial charge in [0.05, 0.1) is 47.2 Å². The Kier molecular flexibility index (Phi) is 13.4. The van der Waals surface area contributed by atoms with Crippen LogP contribution >= 0.6 is 0 Å². The van der Waals surface area contributed by atoms with E-state index in [-0.39, 0.29) is 12.2 Å². The van der Waals surface area contributed by atoms with Crippen LogP contribution in [0.3, 0.4) is 0 Å². The fraction of sp³-hybridized carbons (Fsp3) is 0.636. The van der Waals surface area contributed by atoms with Crippen molar-refractivity contribution < 1.29 is 48.7 Å². The van der Waals surface area contributed by atoms with Crippen molar-refractivity contribution in [1.82, 2.24) is 10.6 Å². The van der Waals surface area contributed by atoms with E-state index in [9.17, 15) is 29.7 Å². The molecule has 4 heterocycles. The van der Waals surface area contributed by atoms with E-state index in [0.29, 0.717) is 45.8 Å². The average molecular weight is 809 g/mol. The van der Waals surface area contributed by atoms with Gasteiger partial charge in [-0.15, -0.1) is 0 Å². The summed E-state index contributed by atoms with van der Waals surface area (Å²) in [6.07, 6.45) is 8.09. The van der Waals surface area contributed by atoms with E-state index < -0.39 is 82.8 Å². The molecule has 320 valence electrons. The molecule has 0 aromatic carbocycles. The summed E-state index contributed by atoms with van der Waals surface area (Å²) in [7, 11) is 1.48. The number of hydrogen-bond acceptors (Lipinski definition) is 13. The van der Waals surface area contributed by atoms with E-state index in [1.54, 1.807) is 72.8 Å². The maximum absolute atomic E-state index is 14.4. The molecule has 0 radical (unpaired) electrons. The lowest BCUT2D eigenvalue weighted by Gasteiger charge is -2.38. The summed E-state index contributed by atoms with van der Waals surface area (Å²) in [6.45, 7) is 19.2. The van der Waals surface area contributed by atoms with Crippen LogP contribution in [-0.4, -0.2) is 99.4 Å². The Morgan fingerprint density at radius 3 is 2.26 bits per heavy atom. The average Bonchev–Trinajstić information content (AvgIpc) is 3.77. The van der Waals surface area contributed by atoms with Crippen molar-refractivity contribution >= 4 is 23.4 Å². The van der Waals surface area contributed by atoms with Gasteiger partial charge in [-0.1, -0.05) is 52.5 Å². The van der Waals surface area contributed by atoms with Crippen LogP contribution in [0.5, 0.6) is 0 Å². The molecule has 14 nitrogen and oxygen atoms in total. The molecule has 4 aliphatic heterocycles. The molecule has 5 rings (SSSR count). The number of allylic oxidation sites excluding steroid dienone is 4. The highest BCUT2D eigenvalue weighted by Crippen LogP contribution is 2.49. The van der Waals surface area contributed by atoms with Gasteiger partial charge in [0.1, 0.15) is 17.5 Å². The van der Waals surface area contributed by atoms with E-state index in [1.807, 2.05) is 0 Å². The number of rotatable bonds is 16. The number of aliphatic imine (C=N–C) groups is 1. The molecule has 3 fully saturated rings. The number of carbonyl (C=O) groups excluding carboxylic acids is 3. The lowest BCUT2D eigenvalue weighted by atomic mass is 9.77. The normalized spacial score (nSPS) is 32.7. The van der Waals surface area contributed by atoms with Gasteiger partial charge >= 0.3 is 11.8 Å². The number of aliphatic hydroxyl groups excluding tert-OH is 2. The Morgan fingerprint density at radius 1 is 1.03 bits per heavy atom. The minimum atomic E-state index is -1.79. The third-order valence-corrected chi connectivity index (χ3v) is 12.9. The lowest BCUT2D eigenvalue weighted by Crippen LogP contribution is -2.52. The number of aliphatic hydroxyl groups is 3. The van der Waals surface area contributed by atoms with E-state index >= 15 is 0 Å². The van der Waals surface area contributed by atoms with E-state index in [0.717, 1.165) is 25.7 Å². The summed E-state index contributed by atoms with van der Waals surface area (Å²) in [5, 5.41) is 41.4. The molecule has 2 bridgehead atoms. The fourth-order valence-electron chi connectivity index (χ4n) is 9.18. The zero-order valence-electron chi connectivity index (χ0n) is 35.6. The monoisotopic (exact) mass is 808 g/mol. The highest BCUT2D eigenvalue weighted by molar-refractivity contribution is 6.21. The third kappa shape index (κ3) is 9.06. The van der Waals surface area contributed by atoms with Crippen LogP contribution in [0.15, 0.2) is 75.9 Å². The van der Waals surface area contributed by atoms with Crippen LogP contribution in [0.1, 0.15) is 94.4 Å². The van der Waals surface area contributed by atoms with Crippen LogP contribution in [0, 0.1) is 23.7 Å². The highest BCUT2D eigenvalue weighted by atomic mass is 16.7. The van der Waals surface area contributed by atoms with Crippen molar-refractivity contribution in [3.63, 3.8) is 0 Å². The number of methoxy groups -OCH3 is 1. The standard InChI is InChI=1S/C44H64N4O10/c1-22(13-12-14-23(2)41(45)53)36(50)25(4)37(51)26(5)38(57-29(8)49)24(3)33(55-11)17-18-56-43(10)40(52)34-32(21-42(9,54)27(6)39(34)58-43)35-28(7)47-44(48-35)19-30-15-16-31(20-44)46-30/h12-14,17-18,22,24-26,30-31,33,36-38,46-47,50-51,54H,7,15-16,19-21H2,1-6,8-11H3,(H2,45,53)/b13-12+,18-17+,23-14-/t22-,24+,25+,26+,30?,31?,33-,36-,37+,38+,42?,43-,44?/m0/s1. The molecule has 3 saturated heterocycles. The summed E-state index contributed by atoms with van der Waals surface area (Å²) < 4.78 is 24.0. The first-order valence-corrected chi connectivity index (χ1v) is 20.3. The van der Waals surface area contributed by atoms with Gasteiger partial charge in [-0.25, -0.2) is 0 Å². The number of Topliss-reactive ketones (excluding diaryl/α,β-unsaturated/α-hetero) is 1. The third-order valence-electron chi connectivity index (χ3n) is 12.9. The van der Waals surface area contributed by atoms with Crippen molar-refractivity contribution in [2.45, 2.75) is 148 Å². The molecular formula is C44H64N4O10. The zero-order chi connectivity index (χ0) is 43.1. The number of hydrogen-bond donors (Lipinski definition) is 6. The number of piperidine rings is 1. The number of carbonyl (C=O) groups is 3. The van der Waals surface area contributed by atoms with Crippen LogP contribution in [0.4, 0.5) is 0 Å². The number of esters is 1. The number of fused-ring (bicyclic) bond motifs is 3. The molecule has 0 saturated carbocycles. The lowest BCUT2D eigenvalue weighted by molar-refractivity contribution is -0.169. The summed E-state index contributed by atoms with van der Waals surface area (Å²) in [5.74, 6) is -5.30. The van der Waals surface area contributed by atoms with Crippen molar-refractivity contribution in [2.75, 3.05) is 7.11 Å². The number of ether oxygens (including phenoxy) is 4. The highest BCUT2D eigenvalue weighted by Gasteiger charge is 2.56. The molecule has 7 N–H and O–H groups in total. The van der Waals surface area contributed by atoms with Gasteiger partial charge in [-0.3, -0.25) is 19.4 Å². The SMILES string of the molecule is C=C1NC2(CC3CCC(C2)N3)N=C1C1=C2C(=O)[C@@](C)(O/C=C/[C@H](OC)[C@@H](C)[C@@H](OC(C)=O)[C@H](C)[C@H](O)[C@H](C)[C@@H](O)[C@@H](C)/C=C/C=C(/C)C(N)=O)OC2=C(C)C(C)(O)C1. The van der Waals surface area contributed by atoms with Crippen molar-refractivity contribution in [1.29, 1.82) is 0 Å². The van der Waals surface area contributed by atoms with Crippen LogP contribution < -0.4 is 16.4 Å². The molecule has 1 spiro atoms. The fourth-order valence-corrected chi connectivity index (χ4v) is 9.18. The number of nitrogens with two attached hydrogens (primary N) is 1. The number of nitrogens with one attached hydrogen (secondary N) is 2. The van der Waals surface area contributed by atoms with Crippen molar-refractivity contribution in [3.05, 3.63) is 70.9 Å². The maximum Gasteiger partial charge on any atom is 0.312 e. The molecule has 5 aliphatic rings. The Hall–Kier alpha value is -4.08. The summed E-state index contributed by atoms with van der Waals surface area (Å²) in [6, 6.07) is 0.705.